The molecule has 0 radical (unpaired) electrons. The van der Waals surface area contributed by atoms with Crippen LogP contribution in [0, 0.1) is 18.8 Å². The molecule has 0 bridgehead atoms. The molecule has 2 aromatic rings. The summed E-state index contributed by atoms with van der Waals surface area (Å²) in [5.41, 5.74) is 6.58. The molecule has 0 saturated carbocycles. The molecule has 2 nitrogen and oxygen atoms in total. The third-order valence-electron chi connectivity index (χ3n) is 5.67. The molecule has 0 aromatic heterocycles. The average molecular weight is 346 g/mol. The molecule has 0 fully saturated rings. The van der Waals surface area contributed by atoms with Crippen molar-refractivity contribution in [1.82, 2.24) is 0 Å². The number of aromatic carboxylic acids is 1. The normalized spacial score (nSPS) is 17.0. The van der Waals surface area contributed by atoms with E-state index in [0.29, 0.717) is 0 Å². The Morgan fingerprint density at radius 3 is 2.00 bits per heavy atom. The number of carboxylic acid groups (broad SMARTS) is 1. The van der Waals surface area contributed by atoms with Crippen LogP contribution in [0.5, 0.6) is 0 Å². The van der Waals surface area contributed by atoms with Crippen LogP contribution < -0.4 is 0 Å². The number of fused-ring (bicyclic) bond motifs is 1. The van der Waals surface area contributed by atoms with Crippen molar-refractivity contribution in [3.05, 3.63) is 69.8 Å². The molecule has 0 heterocycles. The zero-order chi connectivity index (χ0) is 19.1. The molecule has 2 heteroatoms. The van der Waals surface area contributed by atoms with Crippen molar-refractivity contribution in [3.63, 3.8) is 0 Å². The van der Waals surface area contributed by atoms with E-state index in [4.69, 9.17) is 5.11 Å². The standard InChI is InChI=1S/C24H26O2/c1-16-14-20-21(24(4,5)13-12-23(20,2)3)15-19(16)11-8-17-6-9-18(10-7-17)22(25)26/h6-7,9-10,14-15H,12-13H2,1-5H3,(H,25,26). The first-order valence-electron chi connectivity index (χ1n) is 9.11. The maximum atomic E-state index is 11.0. The van der Waals surface area contributed by atoms with Crippen molar-refractivity contribution in [2.24, 2.45) is 0 Å². The summed E-state index contributed by atoms with van der Waals surface area (Å²) in [5, 5.41) is 8.99. The van der Waals surface area contributed by atoms with Crippen LogP contribution >= 0.6 is 0 Å². The second kappa shape index (κ2) is 6.32. The zero-order valence-corrected chi connectivity index (χ0v) is 16.2. The van der Waals surface area contributed by atoms with Gasteiger partial charge in [-0.15, -0.1) is 0 Å². The Bertz CT molecular complexity index is 919. The molecule has 0 amide bonds. The van der Waals surface area contributed by atoms with E-state index >= 15 is 0 Å². The first-order valence-corrected chi connectivity index (χ1v) is 9.11. The molecule has 0 spiro atoms. The van der Waals surface area contributed by atoms with E-state index in [0.717, 1.165) is 11.1 Å². The van der Waals surface area contributed by atoms with Crippen molar-refractivity contribution in [1.29, 1.82) is 0 Å². The van der Waals surface area contributed by atoms with E-state index in [9.17, 15) is 4.79 Å². The lowest BCUT2D eigenvalue weighted by atomic mass is 9.62. The molecule has 26 heavy (non-hydrogen) atoms. The molecule has 1 aliphatic carbocycles. The number of rotatable bonds is 1. The Balaban J connectivity index is 2.02. The third-order valence-corrected chi connectivity index (χ3v) is 5.67. The van der Waals surface area contributed by atoms with Gasteiger partial charge in [0.2, 0.25) is 0 Å². The lowest BCUT2D eigenvalue weighted by Crippen LogP contribution is -2.34. The van der Waals surface area contributed by atoms with E-state index in [2.05, 4.69) is 58.6 Å². The van der Waals surface area contributed by atoms with Crippen LogP contribution in [0.3, 0.4) is 0 Å². The van der Waals surface area contributed by atoms with Gasteiger partial charge < -0.3 is 5.11 Å². The average Bonchev–Trinajstić information content (AvgIpc) is 2.58. The van der Waals surface area contributed by atoms with Crippen molar-refractivity contribution in [3.8, 4) is 11.8 Å². The van der Waals surface area contributed by atoms with Gasteiger partial charge in [-0.3, -0.25) is 0 Å². The van der Waals surface area contributed by atoms with E-state index in [-0.39, 0.29) is 16.4 Å². The minimum absolute atomic E-state index is 0.165. The number of aryl methyl sites for hydroxylation is 1. The molecule has 1 N–H and O–H groups in total. The van der Waals surface area contributed by atoms with Gasteiger partial charge >= 0.3 is 5.97 Å². The van der Waals surface area contributed by atoms with Crippen molar-refractivity contribution >= 4 is 5.97 Å². The van der Waals surface area contributed by atoms with Gasteiger partial charge in [0.1, 0.15) is 0 Å². The molecular weight excluding hydrogens is 320 g/mol. The first-order chi connectivity index (χ1) is 12.1. The van der Waals surface area contributed by atoms with Crippen LogP contribution in [0.1, 0.15) is 78.7 Å². The van der Waals surface area contributed by atoms with Gasteiger partial charge in [0.15, 0.2) is 0 Å². The van der Waals surface area contributed by atoms with Crippen LogP contribution in [0.4, 0.5) is 0 Å². The summed E-state index contributed by atoms with van der Waals surface area (Å²) >= 11 is 0. The van der Waals surface area contributed by atoms with Crippen LogP contribution in [-0.2, 0) is 10.8 Å². The summed E-state index contributed by atoms with van der Waals surface area (Å²) in [4.78, 5) is 11.0. The highest BCUT2D eigenvalue weighted by molar-refractivity contribution is 5.87. The quantitative estimate of drug-likeness (QED) is 0.698. The summed E-state index contributed by atoms with van der Waals surface area (Å²) in [6.07, 6.45) is 2.38. The zero-order valence-electron chi connectivity index (χ0n) is 16.2. The molecule has 2 aromatic carbocycles. The minimum atomic E-state index is -0.917. The molecular formula is C24H26O2. The fraction of sp³-hybridized carbons (Fsp3) is 0.375. The molecule has 134 valence electrons. The van der Waals surface area contributed by atoms with Crippen molar-refractivity contribution in [2.75, 3.05) is 0 Å². The Labute approximate surface area is 156 Å². The van der Waals surface area contributed by atoms with Crippen LogP contribution in [0.15, 0.2) is 36.4 Å². The number of hydrogen-bond acceptors (Lipinski definition) is 1. The first kappa shape index (κ1) is 18.3. The molecule has 0 aliphatic heterocycles. The van der Waals surface area contributed by atoms with Crippen molar-refractivity contribution < 1.29 is 9.90 Å². The smallest absolute Gasteiger partial charge is 0.335 e. The van der Waals surface area contributed by atoms with Crippen LogP contribution in [-0.4, -0.2) is 11.1 Å². The van der Waals surface area contributed by atoms with Crippen LogP contribution in [0.25, 0.3) is 0 Å². The highest BCUT2D eigenvalue weighted by atomic mass is 16.4. The summed E-state index contributed by atoms with van der Waals surface area (Å²) in [5.74, 6) is 5.56. The number of carbonyl (C=O) groups is 1. The van der Waals surface area contributed by atoms with Gasteiger partial charge in [-0.05, 0) is 77.6 Å². The number of benzene rings is 2. The summed E-state index contributed by atoms with van der Waals surface area (Å²) < 4.78 is 0. The Morgan fingerprint density at radius 1 is 0.923 bits per heavy atom. The summed E-state index contributed by atoms with van der Waals surface area (Å²) in [6.45, 7) is 11.4. The Kier molecular flexibility index (Phi) is 4.44. The summed E-state index contributed by atoms with van der Waals surface area (Å²) in [7, 11) is 0. The monoisotopic (exact) mass is 346 g/mol. The molecule has 0 atom stereocenters. The molecule has 1 aliphatic rings. The van der Waals surface area contributed by atoms with Crippen LogP contribution in [0.2, 0.25) is 0 Å². The second-order valence-electron chi connectivity index (χ2n) is 8.61. The lowest BCUT2D eigenvalue weighted by molar-refractivity contribution is 0.0697. The van der Waals surface area contributed by atoms with Gasteiger partial charge in [-0.25, -0.2) is 4.79 Å². The van der Waals surface area contributed by atoms with E-state index in [1.54, 1.807) is 24.3 Å². The Hall–Kier alpha value is -2.53. The molecule has 3 rings (SSSR count). The van der Waals surface area contributed by atoms with Gasteiger partial charge in [0, 0.05) is 11.1 Å². The predicted octanol–water partition coefficient (Wildman–Crippen LogP) is 5.44. The van der Waals surface area contributed by atoms with Crippen molar-refractivity contribution in [2.45, 2.75) is 58.3 Å². The topological polar surface area (TPSA) is 37.3 Å². The predicted molar refractivity (Wildman–Crippen MR) is 106 cm³/mol. The highest BCUT2D eigenvalue weighted by Crippen LogP contribution is 2.46. The van der Waals surface area contributed by atoms with E-state index in [1.807, 2.05) is 0 Å². The number of hydrogen-bond donors (Lipinski definition) is 1. The minimum Gasteiger partial charge on any atom is -0.478 e. The van der Waals surface area contributed by atoms with E-state index in [1.165, 1.54) is 29.5 Å². The fourth-order valence-corrected chi connectivity index (χ4v) is 3.69. The highest BCUT2D eigenvalue weighted by Gasteiger charge is 2.37. The maximum Gasteiger partial charge on any atom is 0.335 e. The van der Waals surface area contributed by atoms with Gasteiger partial charge in [-0.1, -0.05) is 45.6 Å². The third kappa shape index (κ3) is 3.40. The SMILES string of the molecule is Cc1cc2c(cc1C#Cc1ccc(C(=O)O)cc1)C(C)(C)CCC2(C)C. The molecule has 0 unspecified atom stereocenters. The van der Waals surface area contributed by atoms with E-state index < -0.39 is 5.97 Å². The van der Waals surface area contributed by atoms with Gasteiger partial charge in [0.05, 0.1) is 5.56 Å². The van der Waals surface area contributed by atoms with Gasteiger partial charge in [0.25, 0.3) is 0 Å². The maximum absolute atomic E-state index is 11.0. The number of carboxylic acids is 1. The Morgan fingerprint density at radius 2 is 1.46 bits per heavy atom. The second-order valence-corrected chi connectivity index (χ2v) is 8.61. The fourth-order valence-electron chi connectivity index (χ4n) is 3.69. The molecule has 0 saturated heterocycles. The summed E-state index contributed by atoms with van der Waals surface area (Å²) in [6, 6.07) is 11.3. The largest absolute Gasteiger partial charge is 0.478 e. The van der Waals surface area contributed by atoms with Gasteiger partial charge in [-0.2, -0.15) is 0 Å². The lowest BCUT2D eigenvalue weighted by Gasteiger charge is -2.42.